The quantitative estimate of drug-likeness (QED) is 0.808. The van der Waals surface area contributed by atoms with Gasteiger partial charge in [0.2, 0.25) is 0 Å². The molecule has 3 unspecified atom stereocenters. The maximum absolute atomic E-state index is 6.23. The highest BCUT2D eigenvalue weighted by Crippen LogP contribution is 2.26. The molecule has 0 saturated carbocycles. The maximum atomic E-state index is 6.23. The van der Waals surface area contributed by atoms with Crippen LogP contribution in [0.15, 0.2) is 6.20 Å². The third-order valence-electron chi connectivity index (χ3n) is 3.31. The highest BCUT2D eigenvalue weighted by Gasteiger charge is 2.31. The van der Waals surface area contributed by atoms with Gasteiger partial charge in [-0.15, -0.1) is 5.10 Å². The molecule has 1 fully saturated rings. The van der Waals surface area contributed by atoms with Crippen molar-refractivity contribution in [2.24, 2.45) is 18.7 Å². The largest absolute Gasteiger partial charge is 0.378 e. The molecule has 5 heteroatoms. The summed E-state index contributed by atoms with van der Waals surface area (Å²) in [5, 5.41) is 7.99. The molecule has 2 heterocycles. The lowest BCUT2D eigenvalue weighted by molar-refractivity contribution is 0.0813. The number of aromatic nitrogens is 3. The summed E-state index contributed by atoms with van der Waals surface area (Å²) >= 11 is 0. The molecule has 1 aliphatic rings. The van der Waals surface area contributed by atoms with Crippen molar-refractivity contribution in [3.63, 3.8) is 0 Å². The Labute approximate surface area is 96.0 Å². The van der Waals surface area contributed by atoms with Crippen molar-refractivity contribution >= 4 is 0 Å². The van der Waals surface area contributed by atoms with Crippen LogP contribution in [0.3, 0.4) is 0 Å². The van der Waals surface area contributed by atoms with Crippen molar-refractivity contribution in [2.45, 2.75) is 38.3 Å². The highest BCUT2D eigenvalue weighted by molar-refractivity contribution is 4.98. The average molecular weight is 224 g/mol. The number of nitrogens with two attached hydrogens (primary N) is 1. The van der Waals surface area contributed by atoms with E-state index in [1.165, 1.54) is 0 Å². The van der Waals surface area contributed by atoms with Crippen LogP contribution >= 0.6 is 0 Å². The first-order valence-electron chi connectivity index (χ1n) is 5.93. The Morgan fingerprint density at radius 3 is 3.12 bits per heavy atom. The Hall–Kier alpha value is -0.940. The predicted octanol–water partition coefficient (Wildman–Crippen LogP) is 0.500. The molecule has 3 atom stereocenters. The Bertz CT molecular complexity index is 338. The summed E-state index contributed by atoms with van der Waals surface area (Å²) < 4.78 is 7.37. The van der Waals surface area contributed by atoms with E-state index in [1.54, 1.807) is 4.68 Å². The van der Waals surface area contributed by atoms with E-state index in [1.807, 2.05) is 13.2 Å². The maximum Gasteiger partial charge on any atom is 0.0842 e. The van der Waals surface area contributed by atoms with Gasteiger partial charge in [0.05, 0.1) is 11.8 Å². The fraction of sp³-hybridized carbons (Fsp3) is 0.818. The number of aryl methyl sites for hydroxylation is 1. The molecule has 0 radical (unpaired) electrons. The van der Waals surface area contributed by atoms with Crippen LogP contribution in [0, 0.1) is 5.92 Å². The Morgan fingerprint density at radius 2 is 2.50 bits per heavy atom. The number of ether oxygens (including phenoxy) is 1. The van der Waals surface area contributed by atoms with Crippen LogP contribution in [0.4, 0.5) is 0 Å². The summed E-state index contributed by atoms with van der Waals surface area (Å²) in [6, 6.07) is 0.129. The van der Waals surface area contributed by atoms with Gasteiger partial charge in [-0.05, 0) is 12.8 Å². The molecule has 5 nitrogen and oxygen atoms in total. The molecule has 2 rings (SSSR count). The Kier molecular flexibility index (Phi) is 3.56. The minimum atomic E-state index is 0.129. The first-order valence-corrected chi connectivity index (χ1v) is 5.93. The molecule has 16 heavy (non-hydrogen) atoms. The summed E-state index contributed by atoms with van der Waals surface area (Å²) in [4.78, 5) is 0. The van der Waals surface area contributed by atoms with Gasteiger partial charge in [0, 0.05) is 38.2 Å². The molecule has 1 aliphatic heterocycles. The fourth-order valence-corrected chi connectivity index (χ4v) is 2.46. The average Bonchev–Trinajstić information content (AvgIpc) is 2.86. The monoisotopic (exact) mass is 224 g/mol. The van der Waals surface area contributed by atoms with Crippen LogP contribution in [0.2, 0.25) is 0 Å². The predicted molar refractivity (Wildman–Crippen MR) is 60.8 cm³/mol. The molecule has 1 saturated heterocycles. The van der Waals surface area contributed by atoms with Crippen molar-refractivity contribution in [1.29, 1.82) is 0 Å². The highest BCUT2D eigenvalue weighted by atomic mass is 16.5. The van der Waals surface area contributed by atoms with Crippen LogP contribution in [-0.2, 0) is 18.2 Å². The van der Waals surface area contributed by atoms with Crippen LogP contribution < -0.4 is 5.73 Å². The van der Waals surface area contributed by atoms with Crippen molar-refractivity contribution in [1.82, 2.24) is 15.0 Å². The van der Waals surface area contributed by atoms with E-state index >= 15 is 0 Å². The molecule has 0 amide bonds. The van der Waals surface area contributed by atoms with E-state index in [9.17, 15) is 0 Å². The zero-order chi connectivity index (χ0) is 11.5. The summed E-state index contributed by atoms with van der Waals surface area (Å²) in [6.45, 7) is 3.00. The minimum absolute atomic E-state index is 0.129. The first-order chi connectivity index (χ1) is 7.70. The smallest absolute Gasteiger partial charge is 0.0842 e. The molecule has 1 aromatic rings. The SMILES string of the molecule is CCC1OCCC1C(N)Cc1cn(C)nn1. The normalized spacial score (nSPS) is 27.2. The number of hydrogen-bond acceptors (Lipinski definition) is 4. The van der Waals surface area contributed by atoms with Gasteiger partial charge in [0.15, 0.2) is 0 Å². The van der Waals surface area contributed by atoms with Crippen molar-refractivity contribution in [3.8, 4) is 0 Å². The van der Waals surface area contributed by atoms with Gasteiger partial charge in [-0.2, -0.15) is 0 Å². The van der Waals surface area contributed by atoms with Gasteiger partial charge in [-0.25, -0.2) is 0 Å². The van der Waals surface area contributed by atoms with E-state index in [-0.39, 0.29) is 6.04 Å². The topological polar surface area (TPSA) is 66.0 Å². The zero-order valence-electron chi connectivity index (χ0n) is 9.97. The fourth-order valence-electron chi connectivity index (χ4n) is 2.46. The number of nitrogens with zero attached hydrogens (tertiary/aromatic N) is 3. The lowest BCUT2D eigenvalue weighted by Gasteiger charge is -2.22. The second-order valence-corrected chi connectivity index (χ2v) is 4.52. The third kappa shape index (κ3) is 2.41. The molecule has 0 spiro atoms. The number of hydrogen-bond donors (Lipinski definition) is 1. The number of rotatable bonds is 4. The summed E-state index contributed by atoms with van der Waals surface area (Å²) in [7, 11) is 1.87. The molecular formula is C11H20N4O. The molecule has 2 N–H and O–H groups in total. The molecule has 90 valence electrons. The second-order valence-electron chi connectivity index (χ2n) is 4.52. The van der Waals surface area contributed by atoms with Crippen molar-refractivity contribution in [3.05, 3.63) is 11.9 Å². The Morgan fingerprint density at radius 1 is 1.69 bits per heavy atom. The van der Waals surface area contributed by atoms with Gasteiger partial charge < -0.3 is 10.5 Å². The Balaban J connectivity index is 1.94. The van der Waals surface area contributed by atoms with E-state index in [2.05, 4.69) is 17.2 Å². The second kappa shape index (κ2) is 4.93. The van der Waals surface area contributed by atoms with Crippen molar-refractivity contribution < 1.29 is 4.74 Å². The third-order valence-corrected chi connectivity index (χ3v) is 3.31. The first kappa shape index (κ1) is 11.5. The van der Waals surface area contributed by atoms with Gasteiger partial charge in [-0.1, -0.05) is 12.1 Å². The minimum Gasteiger partial charge on any atom is -0.378 e. The van der Waals surface area contributed by atoms with E-state index in [4.69, 9.17) is 10.5 Å². The van der Waals surface area contributed by atoms with Gasteiger partial charge in [0.25, 0.3) is 0 Å². The van der Waals surface area contributed by atoms with Gasteiger partial charge in [0.1, 0.15) is 0 Å². The van der Waals surface area contributed by atoms with Gasteiger partial charge in [-0.3, -0.25) is 4.68 Å². The van der Waals surface area contributed by atoms with E-state index in [0.29, 0.717) is 12.0 Å². The summed E-state index contributed by atoms with van der Waals surface area (Å²) in [5.41, 5.74) is 7.20. The lowest BCUT2D eigenvalue weighted by Crippen LogP contribution is -2.37. The van der Waals surface area contributed by atoms with Crippen molar-refractivity contribution in [2.75, 3.05) is 6.61 Å². The van der Waals surface area contributed by atoms with Crippen LogP contribution in [-0.4, -0.2) is 33.7 Å². The molecule has 0 aromatic carbocycles. The molecule has 0 bridgehead atoms. The van der Waals surface area contributed by atoms with E-state index < -0.39 is 0 Å². The molecular weight excluding hydrogens is 204 g/mol. The zero-order valence-corrected chi connectivity index (χ0v) is 9.97. The van der Waals surface area contributed by atoms with E-state index in [0.717, 1.165) is 31.6 Å². The molecule has 0 aliphatic carbocycles. The summed E-state index contributed by atoms with van der Waals surface area (Å²) in [5.74, 6) is 0.465. The van der Waals surface area contributed by atoms with Crippen LogP contribution in [0.5, 0.6) is 0 Å². The van der Waals surface area contributed by atoms with Crippen LogP contribution in [0.25, 0.3) is 0 Å². The van der Waals surface area contributed by atoms with Gasteiger partial charge >= 0.3 is 0 Å². The summed E-state index contributed by atoms with van der Waals surface area (Å²) in [6.07, 6.45) is 5.15. The van der Waals surface area contributed by atoms with Crippen LogP contribution in [0.1, 0.15) is 25.5 Å². The standard InChI is InChI=1S/C11H20N4O/c1-3-11-9(4-5-16-11)10(12)6-8-7-15(2)14-13-8/h7,9-11H,3-6,12H2,1-2H3. The lowest BCUT2D eigenvalue weighted by atomic mass is 9.89. The molecule has 1 aromatic heterocycles.